The first-order chi connectivity index (χ1) is 9.47. The van der Waals surface area contributed by atoms with Crippen LogP contribution in [-0.4, -0.2) is 24.4 Å². The summed E-state index contributed by atoms with van der Waals surface area (Å²) in [5.41, 5.74) is 0.877. The first kappa shape index (κ1) is 15.0. The fraction of sp³-hybridized carbons (Fsp3) is 0.143. The molecule has 2 rings (SSSR count). The Labute approximate surface area is 133 Å². The summed E-state index contributed by atoms with van der Waals surface area (Å²) in [6.45, 7) is 0. The van der Waals surface area contributed by atoms with Crippen molar-refractivity contribution in [2.75, 3.05) is 14.2 Å². The molecule has 0 aliphatic rings. The Morgan fingerprint density at radius 3 is 1.40 bits per heavy atom. The fourth-order valence-electron chi connectivity index (χ4n) is 1.79. The number of benzene rings is 2. The molecular weight excluding hydrogens is 392 g/mol. The molecule has 0 atom stereocenters. The van der Waals surface area contributed by atoms with Gasteiger partial charge >= 0.3 is 0 Å². The van der Waals surface area contributed by atoms with E-state index in [1.54, 1.807) is 24.3 Å². The molecule has 6 heteroatoms. The third-order valence-electron chi connectivity index (χ3n) is 2.84. The Bertz CT molecular complexity index is 599. The maximum absolute atomic E-state index is 10.2. The van der Waals surface area contributed by atoms with Gasteiger partial charge < -0.3 is 19.7 Å². The quantitative estimate of drug-likeness (QED) is 0.801. The molecule has 0 radical (unpaired) electrons. The van der Waals surface area contributed by atoms with Gasteiger partial charge in [0.1, 0.15) is 23.0 Å². The van der Waals surface area contributed by atoms with Crippen LogP contribution >= 0.6 is 31.9 Å². The zero-order valence-electron chi connectivity index (χ0n) is 10.8. The van der Waals surface area contributed by atoms with Gasteiger partial charge in [-0.25, -0.2) is 0 Å². The van der Waals surface area contributed by atoms with Gasteiger partial charge in [0.05, 0.1) is 23.2 Å². The van der Waals surface area contributed by atoms with Gasteiger partial charge in [-0.15, -0.1) is 0 Å². The highest BCUT2D eigenvalue weighted by molar-refractivity contribution is 9.11. The number of phenolic OH excluding ortho intramolecular Hbond substituents is 2. The smallest absolute Gasteiger partial charge is 0.137 e. The lowest BCUT2D eigenvalue weighted by Gasteiger charge is -2.13. The van der Waals surface area contributed by atoms with Crippen LogP contribution in [0.25, 0.3) is 11.1 Å². The zero-order chi connectivity index (χ0) is 14.9. The Morgan fingerprint density at radius 1 is 0.750 bits per heavy atom. The van der Waals surface area contributed by atoms with E-state index in [2.05, 4.69) is 31.9 Å². The molecule has 0 aromatic heterocycles. The van der Waals surface area contributed by atoms with E-state index < -0.39 is 0 Å². The minimum atomic E-state index is 0.0150. The van der Waals surface area contributed by atoms with Gasteiger partial charge in [-0.1, -0.05) is 0 Å². The predicted molar refractivity (Wildman–Crippen MR) is 83.7 cm³/mol. The molecule has 106 valence electrons. The van der Waals surface area contributed by atoms with E-state index >= 15 is 0 Å². The van der Waals surface area contributed by atoms with Crippen LogP contribution < -0.4 is 9.47 Å². The van der Waals surface area contributed by atoms with Crippen LogP contribution in [0, 0.1) is 0 Å². The standard InChI is InChI=1S/C14H12Br2O4/c1-19-7-3-9(13(17)11(15)5-7)10-4-8(20-2)6-12(16)14(10)18/h3-6,17-18H,1-2H3. The van der Waals surface area contributed by atoms with Gasteiger partial charge in [-0.05, 0) is 56.1 Å². The molecule has 0 bridgehead atoms. The molecule has 0 amide bonds. The Kier molecular flexibility index (Phi) is 4.45. The van der Waals surface area contributed by atoms with E-state index in [1.165, 1.54) is 14.2 Å². The molecule has 0 spiro atoms. The van der Waals surface area contributed by atoms with E-state index in [0.717, 1.165) is 0 Å². The molecule has 2 aromatic carbocycles. The molecule has 20 heavy (non-hydrogen) atoms. The number of hydrogen-bond donors (Lipinski definition) is 2. The van der Waals surface area contributed by atoms with Crippen LogP contribution in [0.15, 0.2) is 33.2 Å². The summed E-state index contributed by atoms with van der Waals surface area (Å²) in [5, 5.41) is 20.4. The van der Waals surface area contributed by atoms with Crippen LogP contribution in [0.5, 0.6) is 23.0 Å². The number of rotatable bonds is 3. The minimum Gasteiger partial charge on any atom is -0.506 e. The molecule has 2 N–H and O–H groups in total. The summed E-state index contributed by atoms with van der Waals surface area (Å²) in [4.78, 5) is 0. The zero-order valence-corrected chi connectivity index (χ0v) is 13.9. The molecule has 0 aliphatic carbocycles. The number of hydrogen-bond acceptors (Lipinski definition) is 4. The summed E-state index contributed by atoms with van der Waals surface area (Å²) >= 11 is 6.52. The first-order valence-corrected chi connectivity index (χ1v) is 7.20. The largest absolute Gasteiger partial charge is 0.506 e. The predicted octanol–water partition coefficient (Wildman–Crippen LogP) is 4.31. The molecule has 0 aliphatic heterocycles. The van der Waals surface area contributed by atoms with E-state index in [1.807, 2.05) is 0 Å². The van der Waals surface area contributed by atoms with Crippen LogP contribution in [0.3, 0.4) is 0 Å². The van der Waals surface area contributed by atoms with E-state index in [0.29, 0.717) is 31.6 Å². The average Bonchev–Trinajstić information content (AvgIpc) is 2.44. The lowest BCUT2D eigenvalue weighted by Crippen LogP contribution is -1.89. The summed E-state index contributed by atoms with van der Waals surface area (Å²) in [5.74, 6) is 1.15. The maximum Gasteiger partial charge on any atom is 0.137 e. The Morgan fingerprint density at radius 2 is 1.10 bits per heavy atom. The fourth-order valence-corrected chi connectivity index (χ4v) is 2.67. The van der Waals surface area contributed by atoms with Gasteiger partial charge in [-0.3, -0.25) is 0 Å². The summed E-state index contributed by atoms with van der Waals surface area (Å²) in [7, 11) is 3.06. The van der Waals surface area contributed by atoms with E-state index in [4.69, 9.17) is 9.47 Å². The van der Waals surface area contributed by atoms with E-state index in [-0.39, 0.29) is 11.5 Å². The molecule has 0 saturated heterocycles. The third-order valence-corrected chi connectivity index (χ3v) is 4.04. The molecular formula is C14H12Br2O4. The van der Waals surface area contributed by atoms with Crippen molar-refractivity contribution >= 4 is 31.9 Å². The molecule has 2 aromatic rings. The molecule has 0 fully saturated rings. The van der Waals surface area contributed by atoms with Crippen molar-refractivity contribution in [3.8, 4) is 34.1 Å². The Hall–Kier alpha value is -1.40. The summed E-state index contributed by atoms with van der Waals surface area (Å²) < 4.78 is 11.3. The van der Waals surface area contributed by atoms with Crippen molar-refractivity contribution < 1.29 is 19.7 Å². The summed E-state index contributed by atoms with van der Waals surface area (Å²) in [6, 6.07) is 6.57. The highest BCUT2D eigenvalue weighted by Gasteiger charge is 2.17. The molecule has 0 saturated carbocycles. The van der Waals surface area contributed by atoms with Crippen molar-refractivity contribution in [1.29, 1.82) is 0 Å². The van der Waals surface area contributed by atoms with Crippen molar-refractivity contribution in [2.45, 2.75) is 0 Å². The lowest BCUT2D eigenvalue weighted by atomic mass is 10.0. The van der Waals surface area contributed by atoms with Crippen LogP contribution in [0.1, 0.15) is 0 Å². The monoisotopic (exact) mass is 402 g/mol. The van der Waals surface area contributed by atoms with Crippen LogP contribution in [0.2, 0.25) is 0 Å². The van der Waals surface area contributed by atoms with Gasteiger partial charge in [0.2, 0.25) is 0 Å². The van der Waals surface area contributed by atoms with Crippen molar-refractivity contribution in [3.05, 3.63) is 33.2 Å². The van der Waals surface area contributed by atoms with Crippen molar-refractivity contribution in [1.82, 2.24) is 0 Å². The number of ether oxygens (including phenoxy) is 2. The highest BCUT2D eigenvalue weighted by atomic mass is 79.9. The first-order valence-electron chi connectivity index (χ1n) is 5.61. The number of phenols is 2. The average molecular weight is 404 g/mol. The van der Waals surface area contributed by atoms with Crippen LogP contribution in [0.4, 0.5) is 0 Å². The van der Waals surface area contributed by atoms with Gasteiger partial charge in [0.25, 0.3) is 0 Å². The summed E-state index contributed by atoms with van der Waals surface area (Å²) in [6.07, 6.45) is 0. The maximum atomic E-state index is 10.2. The molecule has 4 nitrogen and oxygen atoms in total. The number of methoxy groups -OCH3 is 2. The second-order valence-corrected chi connectivity index (χ2v) is 5.72. The van der Waals surface area contributed by atoms with Gasteiger partial charge in [-0.2, -0.15) is 0 Å². The number of aromatic hydroxyl groups is 2. The van der Waals surface area contributed by atoms with Crippen LogP contribution in [-0.2, 0) is 0 Å². The normalized spacial score (nSPS) is 10.4. The number of halogens is 2. The third kappa shape index (κ3) is 2.71. The lowest BCUT2D eigenvalue weighted by molar-refractivity contribution is 0.410. The molecule has 0 heterocycles. The molecule has 0 unspecified atom stereocenters. The topological polar surface area (TPSA) is 58.9 Å². The Balaban J connectivity index is 2.73. The van der Waals surface area contributed by atoms with Crippen molar-refractivity contribution in [3.63, 3.8) is 0 Å². The van der Waals surface area contributed by atoms with Gasteiger partial charge in [0, 0.05) is 11.1 Å². The van der Waals surface area contributed by atoms with Gasteiger partial charge in [0.15, 0.2) is 0 Å². The SMILES string of the molecule is COc1cc(Br)c(O)c(-c2cc(OC)cc(Br)c2O)c1. The second kappa shape index (κ2) is 5.93. The van der Waals surface area contributed by atoms with E-state index in [9.17, 15) is 10.2 Å². The second-order valence-electron chi connectivity index (χ2n) is 4.01. The van der Waals surface area contributed by atoms with Crippen molar-refractivity contribution in [2.24, 2.45) is 0 Å². The highest BCUT2D eigenvalue weighted by Crippen LogP contribution is 2.45. The minimum absolute atomic E-state index is 0.0150.